The standard InChI is InChI=1S/C10H17N3OS/c1-10(2,3)7-5-12-9(15-7)13-8(14)6-11-4/h5,11H,6H2,1-4H3,(H,12,13,14). The predicted molar refractivity (Wildman–Crippen MR) is 63.4 cm³/mol. The first-order valence-corrected chi connectivity index (χ1v) is 5.66. The molecule has 1 rings (SSSR count). The van der Waals surface area contributed by atoms with Crippen LogP contribution < -0.4 is 10.6 Å². The van der Waals surface area contributed by atoms with Crippen LogP contribution >= 0.6 is 11.3 Å². The molecule has 0 fully saturated rings. The zero-order valence-corrected chi connectivity index (χ0v) is 10.4. The van der Waals surface area contributed by atoms with Crippen LogP contribution in [0.15, 0.2) is 6.20 Å². The summed E-state index contributed by atoms with van der Waals surface area (Å²) < 4.78 is 0. The minimum atomic E-state index is -0.0627. The van der Waals surface area contributed by atoms with Crippen molar-refractivity contribution >= 4 is 22.4 Å². The Labute approximate surface area is 94.1 Å². The highest BCUT2D eigenvalue weighted by Gasteiger charge is 2.17. The molecule has 2 N–H and O–H groups in total. The summed E-state index contributed by atoms with van der Waals surface area (Å²) in [5.74, 6) is -0.0627. The van der Waals surface area contributed by atoms with Crippen LogP contribution in [0.3, 0.4) is 0 Å². The molecule has 0 unspecified atom stereocenters. The Balaban J connectivity index is 2.65. The van der Waals surface area contributed by atoms with E-state index >= 15 is 0 Å². The first-order valence-electron chi connectivity index (χ1n) is 4.84. The molecular formula is C10H17N3OS. The van der Waals surface area contributed by atoms with Crippen molar-refractivity contribution in [2.24, 2.45) is 0 Å². The van der Waals surface area contributed by atoms with Crippen molar-refractivity contribution in [2.45, 2.75) is 26.2 Å². The fourth-order valence-electron chi connectivity index (χ4n) is 1.00. The number of rotatable bonds is 3. The average molecular weight is 227 g/mol. The Morgan fingerprint density at radius 1 is 1.53 bits per heavy atom. The summed E-state index contributed by atoms with van der Waals surface area (Å²) in [6.45, 7) is 6.68. The van der Waals surface area contributed by atoms with Crippen LogP contribution in [0.2, 0.25) is 0 Å². The molecule has 1 aromatic heterocycles. The van der Waals surface area contributed by atoms with Gasteiger partial charge in [-0.2, -0.15) is 0 Å². The Bertz CT molecular complexity index is 341. The minimum absolute atomic E-state index is 0.0627. The van der Waals surface area contributed by atoms with E-state index in [1.165, 1.54) is 16.2 Å². The Morgan fingerprint density at radius 3 is 2.67 bits per heavy atom. The summed E-state index contributed by atoms with van der Waals surface area (Å²) in [4.78, 5) is 16.6. The third-order valence-electron chi connectivity index (χ3n) is 1.83. The zero-order chi connectivity index (χ0) is 11.5. The molecule has 0 aliphatic carbocycles. The Kier molecular flexibility index (Phi) is 3.82. The molecule has 0 spiro atoms. The zero-order valence-electron chi connectivity index (χ0n) is 9.55. The fourth-order valence-corrected chi connectivity index (χ4v) is 1.89. The van der Waals surface area contributed by atoms with Gasteiger partial charge in [0.05, 0.1) is 6.54 Å². The molecule has 0 saturated carbocycles. The molecule has 1 amide bonds. The molecule has 0 atom stereocenters. The van der Waals surface area contributed by atoms with Gasteiger partial charge in [0, 0.05) is 11.1 Å². The number of amides is 1. The van der Waals surface area contributed by atoms with Gasteiger partial charge in [-0.3, -0.25) is 4.79 Å². The lowest BCUT2D eigenvalue weighted by molar-refractivity contribution is -0.115. The quantitative estimate of drug-likeness (QED) is 0.824. The smallest absolute Gasteiger partial charge is 0.240 e. The van der Waals surface area contributed by atoms with Crippen LogP contribution in [0, 0.1) is 0 Å². The highest BCUT2D eigenvalue weighted by atomic mass is 32.1. The molecule has 1 heterocycles. The highest BCUT2D eigenvalue weighted by molar-refractivity contribution is 7.15. The minimum Gasteiger partial charge on any atom is -0.311 e. The van der Waals surface area contributed by atoms with Crippen molar-refractivity contribution in [1.29, 1.82) is 0 Å². The van der Waals surface area contributed by atoms with Crippen LogP contribution in [0.25, 0.3) is 0 Å². The lowest BCUT2D eigenvalue weighted by Gasteiger charge is -2.14. The summed E-state index contributed by atoms with van der Waals surface area (Å²) in [7, 11) is 1.74. The van der Waals surface area contributed by atoms with Crippen molar-refractivity contribution in [1.82, 2.24) is 10.3 Å². The van der Waals surface area contributed by atoms with E-state index in [-0.39, 0.29) is 11.3 Å². The van der Waals surface area contributed by atoms with E-state index < -0.39 is 0 Å². The summed E-state index contributed by atoms with van der Waals surface area (Å²) in [6.07, 6.45) is 1.82. The van der Waals surface area contributed by atoms with E-state index in [2.05, 4.69) is 36.4 Å². The number of nitrogens with zero attached hydrogens (tertiary/aromatic N) is 1. The second kappa shape index (κ2) is 4.72. The normalized spacial score (nSPS) is 11.5. The maximum atomic E-state index is 11.3. The van der Waals surface area contributed by atoms with Crippen molar-refractivity contribution in [3.8, 4) is 0 Å². The van der Waals surface area contributed by atoms with Gasteiger partial charge >= 0.3 is 0 Å². The second-order valence-corrected chi connectivity index (χ2v) is 5.39. The molecule has 0 bridgehead atoms. The molecule has 4 nitrogen and oxygen atoms in total. The highest BCUT2D eigenvalue weighted by Crippen LogP contribution is 2.29. The SMILES string of the molecule is CNCC(=O)Nc1ncc(C(C)(C)C)s1. The van der Waals surface area contributed by atoms with Crippen LogP contribution in [0.1, 0.15) is 25.6 Å². The number of likely N-dealkylation sites (N-methyl/N-ethyl adjacent to an activating group) is 1. The number of nitrogens with one attached hydrogen (secondary N) is 2. The largest absolute Gasteiger partial charge is 0.311 e. The van der Waals surface area contributed by atoms with E-state index in [1.807, 2.05) is 6.20 Å². The number of aromatic nitrogens is 1. The monoisotopic (exact) mass is 227 g/mol. The van der Waals surface area contributed by atoms with Gasteiger partial charge in [-0.1, -0.05) is 20.8 Å². The summed E-state index contributed by atoms with van der Waals surface area (Å²) in [6, 6.07) is 0. The average Bonchev–Trinajstić information content (AvgIpc) is 2.52. The van der Waals surface area contributed by atoms with Crippen LogP contribution in [-0.2, 0) is 10.2 Å². The van der Waals surface area contributed by atoms with Gasteiger partial charge in [0.25, 0.3) is 0 Å². The molecule has 0 saturated heterocycles. The first kappa shape index (κ1) is 12.1. The summed E-state index contributed by atoms with van der Waals surface area (Å²) in [5, 5.41) is 6.20. The molecule has 0 radical (unpaired) electrons. The number of hydrogen-bond donors (Lipinski definition) is 2. The molecule has 84 valence electrons. The Morgan fingerprint density at radius 2 is 2.20 bits per heavy atom. The van der Waals surface area contributed by atoms with E-state index in [1.54, 1.807) is 7.05 Å². The van der Waals surface area contributed by atoms with Gasteiger partial charge in [0.1, 0.15) is 0 Å². The number of hydrogen-bond acceptors (Lipinski definition) is 4. The third kappa shape index (κ3) is 3.60. The van der Waals surface area contributed by atoms with Crippen molar-refractivity contribution in [3.63, 3.8) is 0 Å². The van der Waals surface area contributed by atoms with Gasteiger partial charge in [0.2, 0.25) is 5.91 Å². The number of carbonyl (C=O) groups excluding carboxylic acids is 1. The van der Waals surface area contributed by atoms with Gasteiger partial charge in [-0.25, -0.2) is 4.98 Å². The molecule has 0 aliphatic rings. The Hall–Kier alpha value is -0.940. The molecule has 15 heavy (non-hydrogen) atoms. The molecular weight excluding hydrogens is 210 g/mol. The fraction of sp³-hybridized carbons (Fsp3) is 0.600. The molecule has 5 heteroatoms. The molecule has 1 aromatic rings. The van der Waals surface area contributed by atoms with E-state index in [0.29, 0.717) is 11.7 Å². The van der Waals surface area contributed by atoms with Crippen LogP contribution in [0.4, 0.5) is 5.13 Å². The molecule has 0 aliphatic heterocycles. The molecule has 0 aromatic carbocycles. The van der Waals surface area contributed by atoms with Gasteiger partial charge in [-0.15, -0.1) is 11.3 Å². The van der Waals surface area contributed by atoms with Crippen LogP contribution in [0.5, 0.6) is 0 Å². The number of thiazole rings is 1. The van der Waals surface area contributed by atoms with E-state index in [0.717, 1.165) is 0 Å². The van der Waals surface area contributed by atoms with E-state index in [9.17, 15) is 4.79 Å². The van der Waals surface area contributed by atoms with Gasteiger partial charge in [0.15, 0.2) is 5.13 Å². The number of carbonyl (C=O) groups is 1. The second-order valence-electron chi connectivity index (χ2n) is 4.36. The van der Waals surface area contributed by atoms with Crippen molar-refractivity contribution in [2.75, 3.05) is 18.9 Å². The first-order chi connectivity index (χ1) is 6.93. The lowest BCUT2D eigenvalue weighted by Crippen LogP contribution is -2.24. The summed E-state index contributed by atoms with van der Waals surface area (Å²) in [5.41, 5.74) is 0.0870. The van der Waals surface area contributed by atoms with E-state index in [4.69, 9.17) is 0 Å². The third-order valence-corrected chi connectivity index (χ3v) is 3.17. The van der Waals surface area contributed by atoms with Crippen molar-refractivity contribution < 1.29 is 4.79 Å². The summed E-state index contributed by atoms with van der Waals surface area (Å²) >= 11 is 1.52. The van der Waals surface area contributed by atoms with Gasteiger partial charge < -0.3 is 10.6 Å². The van der Waals surface area contributed by atoms with Crippen LogP contribution in [-0.4, -0.2) is 24.5 Å². The topological polar surface area (TPSA) is 54.0 Å². The maximum Gasteiger partial charge on any atom is 0.240 e. The van der Waals surface area contributed by atoms with Crippen molar-refractivity contribution in [3.05, 3.63) is 11.1 Å². The van der Waals surface area contributed by atoms with Gasteiger partial charge in [-0.05, 0) is 12.5 Å². The number of anilines is 1. The lowest BCUT2D eigenvalue weighted by atomic mass is 9.96. The maximum absolute atomic E-state index is 11.3. The predicted octanol–water partition coefficient (Wildman–Crippen LogP) is 1.60.